The molecule has 0 aliphatic heterocycles. The topological polar surface area (TPSA) is 25.8 Å². The second-order valence-corrected chi connectivity index (χ2v) is 11.5. The molecule has 0 saturated heterocycles. The van der Waals surface area contributed by atoms with Crippen LogP contribution in [0.5, 0.6) is 0 Å². The summed E-state index contributed by atoms with van der Waals surface area (Å²) in [6.07, 6.45) is 0. The van der Waals surface area contributed by atoms with E-state index in [4.69, 9.17) is 33.2 Å². The van der Waals surface area contributed by atoms with Crippen molar-refractivity contribution in [1.29, 1.82) is 0 Å². The number of hydrogen-bond acceptors (Lipinski definition) is 4. The van der Waals surface area contributed by atoms with Gasteiger partial charge in [0.25, 0.3) is 0 Å². The highest BCUT2D eigenvalue weighted by Crippen LogP contribution is 2.38. The van der Waals surface area contributed by atoms with Crippen molar-refractivity contribution >= 4 is 77.1 Å². The van der Waals surface area contributed by atoms with Crippen LogP contribution >= 0.6 is 45.9 Å². The summed E-state index contributed by atoms with van der Waals surface area (Å²) in [6.45, 7) is 0. The lowest BCUT2D eigenvalue weighted by Crippen LogP contribution is -1.80. The van der Waals surface area contributed by atoms with Crippen molar-refractivity contribution in [3.05, 3.63) is 107 Å². The van der Waals surface area contributed by atoms with Crippen LogP contribution in [0.2, 0.25) is 10.0 Å². The predicted molar refractivity (Wildman–Crippen MR) is 157 cm³/mol. The molecule has 7 aromatic rings. The highest BCUT2D eigenvalue weighted by atomic mass is 35.5. The summed E-state index contributed by atoms with van der Waals surface area (Å²) in [4.78, 5) is 9.82. The van der Waals surface area contributed by atoms with Gasteiger partial charge in [0.1, 0.15) is 10.0 Å². The van der Waals surface area contributed by atoms with E-state index in [1.54, 1.807) is 22.7 Å². The van der Waals surface area contributed by atoms with E-state index in [0.717, 1.165) is 63.4 Å². The van der Waals surface area contributed by atoms with Gasteiger partial charge in [0.15, 0.2) is 0 Å². The van der Waals surface area contributed by atoms with Crippen LogP contribution in [-0.4, -0.2) is 9.97 Å². The molecule has 0 bridgehead atoms. The summed E-state index contributed by atoms with van der Waals surface area (Å²) >= 11 is 15.9. The maximum Gasteiger partial charge on any atom is 0.124 e. The van der Waals surface area contributed by atoms with Crippen molar-refractivity contribution in [3.8, 4) is 32.3 Å². The van der Waals surface area contributed by atoms with E-state index in [0.29, 0.717) is 0 Å². The Labute approximate surface area is 225 Å². The Kier molecular flexibility index (Phi) is 5.30. The Hall–Kier alpha value is -3.28. The summed E-state index contributed by atoms with van der Waals surface area (Å²) in [6, 6.07) is 33.0. The number of rotatable bonds is 3. The molecule has 0 aliphatic rings. The molecule has 2 heterocycles. The lowest BCUT2D eigenvalue weighted by Gasteiger charge is -2.03. The average Bonchev–Trinajstić information content (AvgIpc) is 3.51. The van der Waals surface area contributed by atoms with Crippen LogP contribution in [0.1, 0.15) is 0 Å². The van der Waals surface area contributed by atoms with Gasteiger partial charge in [0, 0.05) is 26.7 Å². The first-order valence-electron chi connectivity index (χ1n) is 11.4. The summed E-state index contributed by atoms with van der Waals surface area (Å²) in [5.41, 5.74) is 6.32. The lowest BCUT2D eigenvalue weighted by atomic mass is 10.1. The smallest absolute Gasteiger partial charge is 0.124 e. The molecule has 7 rings (SSSR count). The molecule has 0 N–H and O–H groups in total. The number of aromatic nitrogens is 2. The minimum absolute atomic E-state index is 0.730. The third kappa shape index (κ3) is 3.87. The quantitative estimate of drug-likeness (QED) is 0.223. The monoisotopic (exact) mass is 538 g/mol. The van der Waals surface area contributed by atoms with Gasteiger partial charge in [-0.3, -0.25) is 0 Å². The SMILES string of the molecule is Clc1ccc(-c2nc3cc4cc(-c5nc6ccc(-c7ccccc7Cl)cc6s5)ccc4cc3s2)cc1. The van der Waals surface area contributed by atoms with Gasteiger partial charge in [-0.1, -0.05) is 71.7 Å². The fourth-order valence-corrected chi connectivity index (χ4v) is 6.80. The predicted octanol–water partition coefficient (Wildman–Crippen LogP) is 10.4. The van der Waals surface area contributed by atoms with Crippen molar-refractivity contribution in [3.63, 3.8) is 0 Å². The molecule has 2 aromatic heterocycles. The third-order valence-corrected chi connectivity index (χ3v) is 8.97. The Balaban J connectivity index is 1.28. The molecule has 0 unspecified atom stereocenters. The van der Waals surface area contributed by atoms with Gasteiger partial charge in [0.05, 0.1) is 20.4 Å². The highest BCUT2D eigenvalue weighted by Gasteiger charge is 2.12. The summed E-state index contributed by atoms with van der Waals surface area (Å²) in [5.74, 6) is 0. The van der Waals surface area contributed by atoms with Crippen LogP contribution in [0.3, 0.4) is 0 Å². The van der Waals surface area contributed by atoms with Crippen LogP contribution in [0, 0.1) is 0 Å². The standard InChI is InChI=1S/C30H16Cl2N2S2/c31-22-10-7-17(8-11-22)29-34-26-14-21-13-20(6-5-18(21)15-28(26)36-29)30-33-25-12-9-19(16-27(25)35-30)23-3-1-2-4-24(23)32/h1-16H. The Bertz CT molecular complexity index is 1920. The number of thiazole rings is 2. The van der Waals surface area contributed by atoms with Crippen molar-refractivity contribution in [1.82, 2.24) is 9.97 Å². The lowest BCUT2D eigenvalue weighted by molar-refractivity contribution is 1.47. The van der Waals surface area contributed by atoms with Crippen molar-refractivity contribution in [2.45, 2.75) is 0 Å². The van der Waals surface area contributed by atoms with E-state index < -0.39 is 0 Å². The highest BCUT2D eigenvalue weighted by molar-refractivity contribution is 7.22. The number of hydrogen-bond donors (Lipinski definition) is 0. The molecule has 2 nitrogen and oxygen atoms in total. The molecular formula is C30H16Cl2N2S2. The number of nitrogens with zero attached hydrogens (tertiary/aromatic N) is 2. The van der Waals surface area contributed by atoms with Gasteiger partial charge in [-0.25, -0.2) is 9.97 Å². The van der Waals surface area contributed by atoms with Gasteiger partial charge in [-0.05, 0) is 64.9 Å². The second kappa shape index (κ2) is 8.68. The van der Waals surface area contributed by atoms with Crippen LogP contribution in [-0.2, 0) is 0 Å². The first-order chi connectivity index (χ1) is 17.6. The summed E-state index contributed by atoms with van der Waals surface area (Å²) in [5, 5.41) is 5.83. The normalized spacial score (nSPS) is 11.6. The van der Waals surface area contributed by atoms with Gasteiger partial charge in [-0.15, -0.1) is 22.7 Å². The van der Waals surface area contributed by atoms with E-state index in [2.05, 4.69) is 48.5 Å². The molecule has 0 atom stereocenters. The van der Waals surface area contributed by atoms with Gasteiger partial charge in [-0.2, -0.15) is 0 Å². The van der Waals surface area contributed by atoms with Gasteiger partial charge >= 0.3 is 0 Å². The van der Waals surface area contributed by atoms with Gasteiger partial charge < -0.3 is 0 Å². The number of benzene rings is 5. The molecule has 0 spiro atoms. The zero-order chi connectivity index (χ0) is 24.2. The molecule has 0 radical (unpaired) electrons. The minimum Gasteiger partial charge on any atom is -0.236 e. The molecule has 36 heavy (non-hydrogen) atoms. The molecule has 5 aromatic carbocycles. The van der Waals surface area contributed by atoms with Crippen LogP contribution in [0.4, 0.5) is 0 Å². The molecule has 0 aliphatic carbocycles. The maximum absolute atomic E-state index is 6.43. The molecule has 6 heteroatoms. The van der Waals surface area contributed by atoms with Crippen molar-refractivity contribution in [2.75, 3.05) is 0 Å². The first kappa shape index (κ1) is 22.0. The maximum atomic E-state index is 6.43. The van der Waals surface area contributed by atoms with E-state index in [9.17, 15) is 0 Å². The Morgan fingerprint density at radius 2 is 1.22 bits per heavy atom. The van der Waals surface area contributed by atoms with E-state index in [1.165, 1.54) is 10.1 Å². The van der Waals surface area contributed by atoms with Crippen molar-refractivity contribution in [2.24, 2.45) is 0 Å². The number of fused-ring (bicyclic) bond motifs is 3. The van der Waals surface area contributed by atoms with Crippen LogP contribution in [0.25, 0.3) is 63.5 Å². The molecule has 0 saturated carbocycles. The molecule has 0 amide bonds. The summed E-state index contributed by atoms with van der Waals surface area (Å²) < 4.78 is 2.32. The minimum atomic E-state index is 0.730. The number of halogens is 2. The average molecular weight is 540 g/mol. The Morgan fingerprint density at radius 3 is 2.06 bits per heavy atom. The van der Waals surface area contributed by atoms with Gasteiger partial charge in [0.2, 0.25) is 0 Å². The second-order valence-electron chi connectivity index (χ2n) is 8.59. The van der Waals surface area contributed by atoms with E-state index >= 15 is 0 Å². The van der Waals surface area contributed by atoms with Crippen LogP contribution in [0.15, 0.2) is 97.1 Å². The first-order valence-corrected chi connectivity index (χ1v) is 13.8. The zero-order valence-electron chi connectivity index (χ0n) is 18.7. The van der Waals surface area contributed by atoms with E-state index in [1.807, 2.05) is 48.5 Å². The molecule has 172 valence electrons. The molecule has 0 fully saturated rings. The zero-order valence-corrected chi connectivity index (χ0v) is 21.8. The largest absolute Gasteiger partial charge is 0.236 e. The third-order valence-electron chi connectivity index (χ3n) is 6.26. The Morgan fingerprint density at radius 1 is 0.528 bits per heavy atom. The fraction of sp³-hybridized carbons (Fsp3) is 0. The van der Waals surface area contributed by atoms with Crippen molar-refractivity contribution < 1.29 is 0 Å². The summed E-state index contributed by atoms with van der Waals surface area (Å²) in [7, 11) is 0. The fourth-order valence-electron chi connectivity index (χ4n) is 4.43. The van der Waals surface area contributed by atoms with Crippen LogP contribution < -0.4 is 0 Å². The van der Waals surface area contributed by atoms with E-state index in [-0.39, 0.29) is 0 Å². The molecular weight excluding hydrogens is 523 g/mol.